The number of urea groups is 1. The van der Waals surface area contributed by atoms with Crippen LogP contribution in [0.1, 0.15) is 5.56 Å². The minimum absolute atomic E-state index is 0.0646. The largest absolute Gasteiger partial charge is 0.383 e. The molecule has 0 atom stereocenters. The van der Waals surface area contributed by atoms with Crippen molar-refractivity contribution in [2.45, 2.75) is 6.54 Å². The molecule has 1 rings (SSSR count). The summed E-state index contributed by atoms with van der Waals surface area (Å²) in [6.07, 6.45) is 0. The van der Waals surface area contributed by atoms with Gasteiger partial charge in [-0.15, -0.1) is 0 Å². The number of hydrogen-bond acceptors (Lipinski definition) is 4. The topological polar surface area (TPSA) is 70.7 Å². The minimum Gasteiger partial charge on any atom is -0.383 e. The molecule has 0 heterocycles. The van der Waals surface area contributed by atoms with E-state index in [0.717, 1.165) is 5.56 Å². The summed E-state index contributed by atoms with van der Waals surface area (Å²) in [5, 5.41) is 4.71. The molecule has 0 saturated heterocycles. The van der Waals surface area contributed by atoms with Crippen LogP contribution >= 0.6 is 0 Å². The monoisotopic (exact) mass is 297 g/mol. The van der Waals surface area contributed by atoms with Gasteiger partial charge in [0.25, 0.3) is 0 Å². The van der Waals surface area contributed by atoms with Crippen molar-refractivity contribution in [3.8, 4) is 0 Å². The molecule has 0 aliphatic rings. The maximum absolute atomic E-state index is 12.8. The molecular weight excluding hydrogens is 277 g/mol. The van der Waals surface area contributed by atoms with Crippen LogP contribution in [0.25, 0.3) is 0 Å². The lowest BCUT2D eigenvalue weighted by Gasteiger charge is -2.16. The van der Waals surface area contributed by atoms with Crippen molar-refractivity contribution in [1.82, 2.24) is 15.5 Å². The molecule has 0 aliphatic heterocycles. The van der Waals surface area contributed by atoms with Crippen LogP contribution in [0.15, 0.2) is 24.3 Å². The van der Waals surface area contributed by atoms with Crippen molar-refractivity contribution in [1.29, 1.82) is 0 Å². The second kappa shape index (κ2) is 9.04. The van der Waals surface area contributed by atoms with E-state index in [9.17, 15) is 14.0 Å². The van der Waals surface area contributed by atoms with E-state index >= 15 is 0 Å². The van der Waals surface area contributed by atoms with Gasteiger partial charge in [-0.2, -0.15) is 0 Å². The zero-order valence-electron chi connectivity index (χ0n) is 12.2. The Bertz CT molecular complexity index is 465. The molecule has 0 aromatic heterocycles. The summed E-state index contributed by atoms with van der Waals surface area (Å²) < 4.78 is 17.5. The van der Waals surface area contributed by atoms with Gasteiger partial charge in [0.2, 0.25) is 5.91 Å². The number of benzene rings is 1. The van der Waals surface area contributed by atoms with E-state index in [-0.39, 0.29) is 12.4 Å². The van der Waals surface area contributed by atoms with Crippen LogP contribution in [-0.2, 0) is 16.1 Å². The minimum atomic E-state index is -0.549. The number of methoxy groups -OCH3 is 1. The zero-order chi connectivity index (χ0) is 15.7. The molecule has 0 saturated carbocycles. The second-order valence-corrected chi connectivity index (χ2v) is 4.60. The highest BCUT2D eigenvalue weighted by Gasteiger charge is 2.10. The summed E-state index contributed by atoms with van der Waals surface area (Å²) in [6.45, 7) is 1.27. The van der Waals surface area contributed by atoms with Crippen molar-refractivity contribution in [3.05, 3.63) is 35.6 Å². The first-order chi connectivity index (χ1) is 10.0. The molecule has 3 amide bonds. The van der Waals surface area contributed by atoms with Crippen LogP contribution in [0, 0.1) is 5.82 Å². The molecule has 1 aromatic rings. The summed E-state index contributed by atoms with van der Waals surface area (Å²) in [7, 11) is 3.26. The van der Waals surface area contributed by atoms with E-state index in [1.807, 2.05) is 0 Å². The Hall–Kier alpha value is -1.99. The van der Waals surface area contributed by atoms with Crippen molar-refractivity contribution in [2.24, 2.45) is 0 Å². The normalized spacial score (nSPS) is 10.5. The van der Waals surface area contributed by atoms with Crippen LogP contribution in [0.2, 0.25) is 0 Å². The number of carbonyl (C=O) groups is 2. The van der Waals surface area contributed by atoms with Gasteiger partial charge in [0.05, 0.1) is 13.2 Å². The van der Waals surface area contributed by atoms with Crippen LogP contribution in [0.5, 0.6) is 0 Å². The first-order valence-corrected chi connectivity index (χ1v) is 6.51. The van der Waals surface area contributed by atoms with Crippen LogP contribution in [0.3, 0.4) is 0 Å². The Balaban J connectivity index is 2.30. The molecule has 6 nitrogen and oxygen atoms in total. The molecule has 0 spiro atoms. The Labute approximate surface area is 123 Å². The molecule has 1 aromatic carbocycles. The van der Waals surface area contributed by atoms with Crippen molar-refractivity contribution in [2.75, 3.05) is 33.9 Å². The smallest absolute Gasteiger partial charge is 0.321 e. The van der Waals surface area contributed by atoms with Gasteiger partial charge in [-0.3, -0.25) is 15.0 Å². The van der Waals surface area contributed by atoms with Gasteiger partial charge in [-0.25, -0.2) is 9.18 Å². The number of nitrogens with one attached hydrogen (secondary N) is 2. The van der Waals surface area contributed by atoms with Crippen molar-refractivity contribution >= 4 is 11.9 Å². The summed E-state index contributed by atoms with van der Waals surface area (Å²) in [4.78, 5) is 24.7. The third-order valence-corrected chi connectivity index (χ3v) is 2.62. The van der Waals surface area contributed by atoms with E-state index < -0.39 is 11.9 Å². The molecule has 0 radical (unpaired) electrons. The molecule has 0 aliphatic carbocycles. The van der Waals surface area contributed by atoms with Gasteiger partial charge >= 0.3 is 6.03 Å². The molecule has 21 heavy (non-hydrogen) atoms. The molecule has 7 heteroatoms. The van der Waals surface area contributed by atoms with Crippen LogP contribution in [-0.4, -0.2) is 50.7 Å². The van der Waals surface area contributed by atoms with Crippen LogP contribution in [0.4, 0.5) is 9.18 Å². The molecule has 0 bridgehead atoms. The van der Waals surface area contributed by atoms with Gasteiger partial charge in [-0.05, 0) is 24.7 Å². The summed E-state index contributed by atoms with van der Waals surface area (Å²) in [5.41, 5.74) is 0.885. The van der Waals surface area contributed by atoms with Crippen molar-refractivity contribution in [3.63, 3.8) is 0 Å². The van der Waals surface area contributed by atoms with E-state index in [0.29, 0.717) is 19.7 Å². The number of imide groups is 1. The molecule has 116 valence electrons. The number of rotatable bonds is 7. The average molecular weight is 297 g/mol. The highest BCUT2D eigenvalue weighted by atomic mass is 19.1. The van der Waals surface area contributed by atoms with Crippen molar-refractivity contribution < 1.29 is 18.7 Å². The van der Waals surface area contributed by atoms with E-state index in [1.54, 1.807) is 24.1 Å². The number of halogens is 1. The Morgan fingerprint density at radius 1 is 1.29 bits per heavy atom. The average Bonchev–Trinajstić information content (AvgIpc) is 2.41. The number of carbonyl (C=O) groups excluding carboxylic acids is 2. The van der Waals surface area contributed by atoms with Crippen LogP contribution < -0.4 is 10.6 Å². The van der Waals surface area contributed by atoms with Gasteiger partial charge in [-0.1, -0.05) is 12.1 Å². The highest BCUT2D eigenvalue weighted by molar-refractivity contribution is 5.95. The maximum atomic E-state index is 12.8. The maximum Gasteiger partial charge on any atom is 0.321 e. The van der Waals surface area contributed by atoms with E-state index in [4.69, 9.17) is 4.74 Å². The van der Waals surface area contributed by atoms with Gasteiger partial charge in [0.15, 0.2) is 0 Å². The summed E-state index contributed by atoms with van der Waals surface area (Å²) in [5.74, 6) is -0.707. The fourth-order valence-corrected chi connectivity index (χ4v) is 1.68. The van der Waals surface area contributed by atoms with Gasteiger partial charge in [0.1, 0.15) is 5.82 Å². The van der Waals surface area contributed by atoms with E-state index in [1.165, 1.54) is 19.2 Å². The Morgan fingerprint density at radius 3 is 2.57 bits per heavy atom. The number of nitrogens with zero attached hydrogens (tertiary/aromatic N) is 1. The number of likely N-dealkylation sites (N-methyl/N-ethyl adjacent to an activating group) is 1. The predicted molar refractivity (Wildman–Crippen MR) is 76.2 cm³/mol. The number of ether oxygens (including phenoxy) is 1. The summed E-state index contributed by atoms with van der Waals surface area (Å²) >= 11 is 0. The quantitative estimate of drug-likeness (QED) is 0.728. The fourth-order valence-electron chi connectivity index (χ4n) is 1.68. The third-order valence-electron chi connectivity index (χ3n) is 2.62. The molecule has 2 N–H and O–H groups in total. The SMILES string of the molecule is COCCNC(=O)NC(=O)CN(C)Cc1ccc(F)cc1. The highest BCUT2D eigenvalue weighted by Crippen LogP contribution is 2.05. The molecule has 0 unspecified atom stereocenters. The fraction of sp³-hybridized carbons (Fsp3) is 0.429. The van der Waals surface area contributed by atoms with E-state index in [2.05, 4.69) is 10.6 Å². The second-order valence-electron chi connectivity index (χ2n) is 4.60. The van der Waals surface area contributed by atoms with Gasteiger partial charge < -0.3 is 10.1 Å². The lowest BCUT2D eigenvalue weighted by Crippen LogP contribution is -2.44. The Morgan fingerprint density at radius 2 is 1.95 bits per heavy atom. The first kappa shape index (κ1) is 17.1. The number of hydrogen-bond donors (Lipinski definition) is 2. The summed E-state index contributed by atoms with van der Waals surface area (Å²) in [6, 6.07) is 5.49. The molecule has 0 fully saturated rings. The Kier molecular flexibility index (Phi) is 7.34. The van der Waals surface area contributed by atoms with Gasteiger partial charge in [0, 0.05) is 20.2 Å². The molecular formula is C14H20FN3O3. The zero-order valence-corrected chi connectivity index (χ0v) is 12.2. The number of amides is 3. The first-order valence-electron chi connectivity index (χ1n) is 6.51. The standard InChI is InChI=1S/C14H20FN3O3/c1-18(9-11-3-5-12(15)6-4-11)10-13(19)17-14(20)16-7-8-21-2/h3-6H,7-10H2,1-2H3,(H2,16,17,19,20). The third kappa shape index (κ3) is 7.38. The lowest BCUT2D eigenvalue weighted by molar-refractivity contribution is -0.120. The predicted octanol–water partition coefficient (Wildman–Crippen LogP) is 0.730. The lowest BCUT2D eigenvalue weighted by atomic mass is 10.2.